The van der Waals surface area contributed by atoms with Gasteiger partial charge in [-0.1, -0.05) is 23.4 Å². The number of aromatic nitrogens is 2. The third-order valence-electron chi connectivity index (χ3n) is 3.46. The van der Waals surface area contributed by atoms with Gasteiger partial charge in [-0.25, -0.2) is 0 Å². The maximum Gasteiger partial charge on any atom is 0.240 e. The summed E-state index contributed by atoms with van der Waals surface area (Å²) in [5, 5.41) is 7.36. The summed E-state index contributed by atoms with van der Waals surface area (Å²) >= 11 is 0. The number of rotatable bonds is 7. The summed E-state index contributed by atoms with van der Waals surface area (Å²) in [5.74, 6) is 3.05. The van der Waals surface area contributed by atoms with E-state index in [1.165, 1.54) is 12.8 Å². The zero-order chi connectivity index (χ0) is 13.8. The molecule has 0 bridgehead atoms. The molecule has 1 aromatic carbocycles. The van der Waals surface area contributed by atoms with Crippen molar-refractivity contribution in [3.63, 3.8) is 0 Å². The molecule has 5 heteroatoms. The third-order valence-corrected chi connectivity index (χ3v) is 3.46. The minimum Gasteiger partial charge on any atom is -0.496 e. The van der Waals surface area contributed by atoms with Crippen LogP contribution in [0.3, 0.4) is 0 Å². The molecule has 5 nitrogen and oxygen atoms in total. The number of nitrogens with one attached hydrogen (secondary N) is 1. The zero-order valence-corrected chi connectivity index (χ0v) is 11.6. The Morgan fingerprint density at radius 1 is 1.35 bits per heavy atom. The lowest BCUT2D eigenvalue weighted by Gasteiger charge is -2.05. The molecule has 0 spiro atoms. The van der Waals surface area contributed by atoms with Gasteiger partial charge >= 0.3 is 0 Å². The van der Waals surface area contributed by atoms with E-state index in [0.717, 1.165) is 23.8 Å². The molecule has 0 amide bonds. The fraction of sp³-hybridized carbons (Fsp3) is 0.467. The van der Waals surface area contributed by atoms with Gasteiger partial charge in [-0.2, -0.15) is 4.98 Å². The second-order valence-electron chi connectivity index (χ2n) is 5.17. The number of benzene rings is 1. The Hall–Kier alpha value is -1.88. The molecule has 3 rings (SSSR count). The van der Waals surface area contributed by atoms with Crippen molar-refractivity contribution in [2.75, 3.05) is 13.7 Å². The molecule has 1 fully saturated rings. The molecule has 1 aliphatic carbocycles. The Morgan fingerprint density at radius 2 is 2.20 bits per heavy atom. The summed E-state index contributed by atoms with van der Waals surface area (Å²) in [5.41, 5.74) is 1.06. The van der Waals surface area contributed by atoms with E-state index in [1.54, 1.807) is 7.11 Å². The van der Waals surface area contributed by atoms with E-state index in [9.17, 15) is 0 Å². The van der Waals surface area contributed by atoms with Crippen LogP contribution in [0.4, 0.5) is 0 Å². The van der Waals surface area contributed by atoms with Crippen molar-refractivity contribution in [3.8, 4) is 5.75 Å². The van der Waals surface area contributed by atoms with Gasteiger partial charge in [0.1, 0.15) is 5.75 Å². The van der Waals surface area contributed by atoms with Crippen molar-refractivity contribution < 1.29 is 9.26 Å². The van der Waals surface area contributed by atoms with Crippen LogP contribution in [0.25, 0.3) is 0 Å². The van der Waals surface area contributed by atoms with E-state index in [2.05, 4.69) is 15.5 Å². The summed E-state index contributed by atoms with van der Waals surface area (Å²) in [6, 6.07) is 7.88. The average Bonchev–Trinajstić information content (AvgIpc) is 3.19. The van der Waals surface area contributed by atoms with E-state index >= 15 is 0 Å². The van der Waals surface area contributed by atoms with Crippen LogP contribution < -0.4 is 10.1 Å². The van der Waals surface area contributed by atoms with Crippen LogP contribution in [-0.2, 0) is 13.0 Å². The van der Waals surface area contributed by atoms with Gasteiger partial charge in [-0.15, -0.1) is 0 Å². The van der Waals surface area contributed by atoms with Crippen molar-refractivity contribution in [1.29, 1.82) is 0 Å². The molecule has 0 radical (unpaired) electrons. The molecule has 1 saturated carbocycles. The van der Waals surface area contributed by atoms with Gasteiger partial charge in [-0.3, -0.25) is 0 Å². The number of para-hydroxylation sites is 1. The largest absolute Gasteiger partial charge is 0.496 e. The molecule has 0 saturated heterocycles. The molecular formula is C15H19N3O2. The minimum absolute atomic E-state index is 0.621. The lowest BCUT2D eigenvalue weighted by molar-refractivity contribution is 0.362. The molecule has 1 aliphatic rings. The molecule has 0 atom stereocenters. The van der Waals surface area contributed by atoms with Gasteiger partial charge in [0, 0.05) is 12.0 Å². The normalized spacial score (nSPS) is 14.4. The standard InChI is InChI=1S/C15H19N3O2/c1-19-13-5-3-2-4-12(13)8-14-17-15(20-18-14)10-16-9-11-6-7-11/h2-5,11,16H,6-10H2,1H3. The minimum atomic E-state index is 0.621. The molecule has 2 aromatic rings. The summed E-state index contributed by atoms with van der Waals surface area (Å²) in [6.45, 7) is 1.69. The maximum absolute atomic E-state index is 5.32. The predicted octanol–water partition coefficient (Wildman–Crippen LogP) is 2.17. The lowest BCUT2D eigenvalue weighted by atomic mass is 10.1. The van der Waals surface area contributed by atoms with Gasteiger partial charge in [0.2, 0.25) is 5.89 Å². The fourth-order valence-electron chi connectivity index (χ4n) is 2.16. The highest BCUT2D eigenvalue weighted by atomic mass is 16.5. The Bertz CT molecular complexity index is 564. The number of hydrogen-bond acceptors (Lipinski definition) is 5. The highest BCUT2D eigenvalue weighted by Gasteiger charge is 2.20. The smallest absolute Gasteiger partial charge is 0.240 e. The Balaban J connectivity index is 1.58. The van der Waals surface area contributed by atoms with E-state index < -0.39 is 0 Å². The second-order valence-corrected chi connectivity index (χ2v) is 5.17. The SMILES string of the molecule is COc1ccccc1Cc1noc(CNCC2CC2)n1. The van der Waals surface area contributed by atoms with Crippen LogP contribution in [0.2, 0.25) is 0 Å². The van der Waals surface area contributed by atoms with Gasteiger partial charge in [0.25, 0.3) is 0 Å². The van der Waals surface area contributed by atoms with Gasteiger partial charge in [0.15, 0.2) is 5.82 Å². The molecular weight excluding hydrogens is 254 g/mol. The summed E-state index contributed by atoms with van der Waals surface area (Å²) in [7, 11) is 1.67. The Morgan fingerprint density at radius 3 is 3.00 bits per heavy atom. The first-order valence-electron chi connectivity index (χ1n) is 6.99. The topological polar surface area (TPSA) is 60.2 Å². The van der Waals surface area contributed by atoms with E-state index in [-0.39, 0.29) is 0 Å². The molecule has 0 unspecified atom stereocenters. The van der Waals surface area contributed by atoms with Crippen molar-refractivity contribution in [2.24, 2.45) is 5.92 Å². The number of hydrogen-bond donors (Lipinski definition) is 1. The van der Waals surface area contributed by atoms with Crippen molar-refractivity contribution in [2.45, 2.75) is 25.8 Å². The van der Waals surface area contributed by atoms with Crippen LogP contribution in [-0.4, -0.2) is 23.8 Å². The molecule has 1 N–H and O–H groups in total. The molecule has 106 valence electrons. The van der Waals surface area contributed by atoms with Crippen molar-refractivity contribution >= 4 is 0 Å². The lowest BCUT2D eigenvalue weighted by Crippen LogP contribution is -2.16. The Labute approximate surface area is 118 Å². The zero-order valence-electron chi connectivity index (χ0n) is 11.6. The number of nitrogens with zero attached hydrogens (tertiary/aromatic N) is 2. The third kappa shape index (κ3) is 3.36. The first kappa shape index (κ1) is 13.1. The molecule has 20 heavy (non-hydrogen) atoms. The highest BCUT2D eigenvalue weighted by Crippen LogP contribution is 2.27. The monoisotopic (exact) mass is 273 g/mol. The van der Waals surface area contributed by atoms with E-state index in [0.29, 0.717) is 24.7 Å². The molecule has 0 aliphatic heterocycles. The van der Waals surface area contributed by atoms with E-state index in [4.69, 9.17) is 9.26 Å². The summed E-state index contributed by atoms with van der Waals surface area (Å²) in [4.78, 5) is 4.40. The van der Waals surface area contributed by atoms with Crippen LogP contribution in [0, 0.1) is 5.92 Å². The predicted molar refractivity (Wildman–Crippen MR) is 74.5 cm³/mol. The molecule has 1 heterocycles. The van der Waals surface area contributed by atoms with Gasteiger partial charge in [0.05, 0.1) is 13.7 Å². The quantitative estimate of drug-likeness (QED) is 0.837. The highest BCUT2D eigenvalue weighted by molar-refractivity contribution is 5.35. The maximum atomic E-state index is 5.32. The van der Waals surface area contributed by atoms with Crippen LogP contribution in [0.1, 0.15) is 30.1 Å². The first-order chi connectivity index (χ1) is 9.85. The van der Waals surface area contributed by atoms with Crippen LogP contribution >= 0.6 is 0 Å². The average molecular weight is 273 g/mol. The van der Waals surface area contributed by atoms with Crippen LogP contribution in [0.15, 0.2) is 28.8 Å². The van der Waals surface area contributed by atoms with Crippen LogP contribution in [0.5, 0.6) is 5.75 Å². The first-order valence-corrected chi connectivity index (χ1v) is 6.99. The number of methoxy groups -OCH3 is 1. The van der Waals surface area contributed by atoms with Gasteiger partial charge in [-0.05, 0) is 31.4 Å². The molecule has 1 aromatic heterocycles. The summed E-state index contributed by atoms with van der Waals surface area (Å²) in [6.07, 6.45) is 3.31. The van der Waals surface area contributed by atoms with Crippen molar-refractivity contribution in [1.82, 2.24) is 15.5 Å². The summed E-state index contributed by atoms with van der Waals surface area (Å²) < 4.78 is 10.6. The number of ether oxygens (including phenoxy) is 1. The fourth-order valence-corrected chi connectivity index (χ4v) is 2.16. The van der Waals surface area contributed by atoms with Gasteiger partial charge < -0.3 is 14.6 Å². The van der Waals surface area contributed by atoms with E-state index in [1.807, 2.05) is 24.3 Å². The van der Waals surface area contributed by atoms with Crippen molar-refractivity contribution in [3.05, 3.63) is 41.5 Å². The second kappa shape index (κ2) is 6.05. The Kier molecular flexibility index (Phi) is 3.97.